The van der Waals surface area contributed by atoms with Crippen molar-refractivity contribution in [3.05, 3.63) is 75.5 Å². The number of hydrogen-bond donors (Lipinski definition) is 1. The minimum Gasteiger partial charge on any atom is -0.322 e. The average Bonchev–Trinajstić information content (AvgIpc) is 2.49. The summed E-state index contributed by atoms with van der Waals surface area (Å²) < 4.78 is 0.966. The van der Waals surface area contributed by atoms with Crippen LogP contribution in [0.3, 0.4) is 0 Å². The second kappa shape index (κ2) is 6.14. The van der Waals surface area contributed by atoms with E-state index in [4.69, 9.17) is 17.3 Å². The van der Waals surface area contributed by atoms with Crippen LogP contribution in [0.4, 0.5) is 0 Å². The Morgan fingerprint density at radius 1 is 1.14 bits per heavy atom. The van der Waals surface area contributed by atoms with Crippen LogP contribution >= 0.6 is 27.5 Å². The van der Waals surface area contributed by atoms with Gasteiger partial charge in [0, 0.05) is 21.1 Å². The van der Waals surface area contributed by atoms with Gasteiger partial charge in [0.1, 0.15) is 0 Å². The highest BCUT2D eigenvalue weighted by atomic mass is 79.9. The number of hydrogen-bond acceptors (Lipinski definition) is 2. The lowest BCUT2D eigenvalue weighted by Crippen LogP contribution is -2.15. The Kier molecular flexibility index (Phi) is 4.24. The summed E-state index contributed by atoms with van der Waals surface area (Å²) in [6.45, 7) is 0. The number of rotatable bonds is 3. The highest BCUT2D eigenvalue weighted by Crippen LogP contribution is 2.27. The van der Waals surface area contributed by atoms with E-state index in [1.807, 2.05) is 36.4 Å². The monoisotopic (exact) mass is 360 g/mol. The van der Waals surface area contributed by atoms with E-state index in [0.717, 1.165) is 31.5 Å². The number of aromatic nitrogens is 1. The van der Waals surface area contributed by atoms with E-state index >= 15 is 0 Å². The first-order valence-corrected chi connectivity index (χ1v) is 7.85. The van der Waals surface area contributed by atoms with Gasteiger partial charge in [0.05, 0.1) is 11.7 Å². The van der Waals surface area contributed by atoms with Crippen molar-refractivity contribution in [2.75, 3.05) is 0 Å². The van der Waals surface area contributed by atoms with E-state index < -0.39 is 0 Å². The third-order valence-corrected chi connectivity index (χ3v) is 4.36. The molecule has 0 saturated carbocycles. The molecule has 0 aliphatic rings. The van der Waals surface area contributed by atoms with Gasteiger partial charge in [-0.05, 0) is 35.6 Å². The Bertz CT molecular complexity index is 783. The van der Waals surface area contributed by atoms with Crippen LogP contribution < -0.4 is 5.73 Å². The van der Waals surface area contributed by atoms with Gasteiger partial charge < -0.3 is 5.73 Å². The molecule has 3 aromatic rings. The molecular formula is C17H14BrClN2. The Morgan fingerprint density at radius 3 is 2.76 bits per heavy atom. The summed E-state index contributed by atoms with van der Waals surface area (Å²) in [5.74, 6) is 0. The molecule has 0 fully saturated rings. The highest BCUT2D eigenvalue weighted by Gasteiger charge is 2.13. The van der Waals surface area contributed by atoms with Gasteiger partial charge in [0.25, 0.3) is 0 Å². The standard InChI is InChI=1S/C17H14BrClN2/c18-13-6-5-12(15(19)10-13)9-16(20)17-14-4-2-1-3-11(14)7-8-21-17/h1-8,10,16H,9,20H2. The fourth-order valence-electron chi connectivity index (χ4n) is 2.46. The summed E-state index contributed by atoms with van der Waals surface area (Å²) in [6, 6.07) is 15.8. The van der Waals surface area contributed by atoms with Crippen LogP contribution in [-0.4, -0.2) is 4.98 Å². The quantitative estimate of drug-likeness (QED) is 0.721. The second-order valence-electron chi connectivity index (χ2n) is 4.96. The molecule has 2 nitrogen and oxygen atoms in total. The van der Waals surface area contributed by atoms with Gasteiger partial charge in [-0.2, -0.15) is 0 Å². The molecule has 1 aromatic heterocycles. The van der Waals surface area contributed by atoms with Crippen LogP contribution in [0.2, 0.25) is 5.02 Å². The molecular weight excluding hydrogens is 348 g/mol. The van der Waals surface area contributed by atoms with E-state index in [2.05, 4.69) is 33.0 Å². The fourth-order valence-corrected chi connectivity index (χ4v) is 3.21. The van der Waals surface area contributed by atoms with Crippen LogP contribution in [0.15, 0.2) is 59.2 Å². The van der Waals surface area contributed by atoms with Crippen molar-refractivity contribution in [3.63, 3.8) is 0 Å². The SMILES string of the molecule is NC(Cc1ccc(Br)cc1Cl)c1nccc2ccccc12. The number of benzene rings is 2. The Labute approximate surface area is 137 Å². The lowest BCUT2D eigenvalue weighted by Gasteiger charge is -2.14. The van der Waals surface area contributed by atoms with Crippen molar-refractivity contribution in [1.29, 1.82) is 0 Å². The summed E-state index contributed by atoms with van der Waals surface area (Å²) in [4.78, 5) is 4.47. The predicted molar refractivity (Wildman–Crippen MR) is 91.5 cm³/mol. The first-order chi connectivity index (χ1) is 10.1. The smallest absolute Gasteiger partial charge is 0.0652 e. The normalized spacial score (nSPS) is 12.5. The molecule has 106 valence electrons. The van der Waals surface area contributed by atoms with Crippen LogP contribution in [0.5, 0.6) is 0 Å². The highest BCUT2D eigenvalue weighted by molar-refractivity contribution is 9.10. The number of halogens is 2. The zero-order valence-electron chi connectivity index (χ0n) is 11.3. The molecule has 1 heterocycles. The molecule has 0 saturated heterocycles. The van der Waals surface area contributed by atoms with E-state index in [-0.39, 0.29) is 6.04 Å². The van der Waals surface area contributed by atoms with Crippen molar-refractivity contribution in [2.24, 2.45) is 5.73 Å². The molecule has 0 aliphatic heterocycles. The zero-order valence-corrected chi connectivity index (χ0v) is 13.6. The van der Waals surface area contributed by atoms with Crippen LogP contribution in [-0.2, 0) is 6.42 Å². The van der Waals surface area contributed by atoms with E-state index in [1.54, 1.807) is 6.20 Å². The number of nitrogens with zero attached hydrogens (tertiary/aromatic N) is 1. The van der Waals surface area contributed by atoms with Crippen molar-refractivity contribution in [2.45, 2.75) is 12.5 Å². The molecule has 0 spiro atoms. The van der Waals surface area contributed by atoms with Crippen LogP contribution in [0, 0.1) is 0 Å². The first-order valence-electron chi connectivity index (χ1n) is 6.68. The number of nitrogens with two attached hydrogens (primary N) is 1. The lowest BCUT2D eigenvalue weighted by atomic mass is 9.99. The van der Waals surface area contributed by atoms with E-state index in [0.29, 0.717) is 6.42 Å². The third-order valence-electron chi connectivity index (χ3n) is 3.51. The van der Waals surface area contributed by atoms with Gasteiger partial charge in [-0.15, -0.1) is 0 Å². The largest absolute Gasteiger partial charge is 0.322 e. The van der Waals surface area contributed by atoms with Gasteiger partial charge in [0.15, 0.2) is 0 Å². The molecule has 1 unspecified atom stereocenters. The van der Waals surface area contributed by atoms with E-state index in [9.17, 15) is 0 Å². The molecule has 21 heavy (non-hydrogen) atoms. The number of fused-ring (bicyclic) bond motifs is 1. The molecule has 2 N–H and O–H groups in total. The molecule has 0 amide bonds. The summed E-state index contributed by atoms with van der Waals surface area (Å²) in [5, 5.41) is 2.97. The van der Waals surface area contributed by atoms with Gasteiger partial charge in [-0.3, -0.25) is 4.98 Å². The van der Waals surface area contributed by atoms with Crippen molar-refractivity contribution in [1.82, 2.24) is 4.98 Å². The summed E-state index contributed by atoms with van der Waals surface area (Å²) >= 11 is 9.69. The Hall–Kier alpha value is -1.42. The van der Waals surface area contributed by atoms with Gasteiger partial charge in [-0.25, -0.2) is 0 Å². The Morgan fingerprint density at radius 2 is 1.95 bits per heavy atom. The molecule has 1 atom stereocenters. The fraction of sp³-hybridized carbons (Fsp3) is 0.118. The molecule has 3 rings (SSSR count). The molecule has 0 aliphatic carbocycles. The van der Waals surface area contributed by atoms with Crippen molar-refractivity contribution in [3.8, 4) is 0 Å². The molecule has 0 bridgehead atoms. The topological polar surface area (TPSA) is 38.9 Å². The minimum absolute atomic E-state index is 0.185. The zero-order chi connectivity index (χ0) is 14.8. The first kappa shape index (κ1) is 14.5. The lowest BCUT2D eigenvalue weighted by molar-refractivity contribution is 0.704. The molecule has 4 heteroatoms. The van der Waals surface area contributed by atoms with E-state index in [1.165, 1.54) is 0 Å². The maximum absolute atomic E-state index is 6.37. The number of pyridine rings is 1. The third kappa shape index (κ3) is 3.10. The average molecular weight is 362 g/mol. The van der Waals surface area contributed by atoms with Crippen molar-refractivity contribution < 1.29 is 0 Å². The predicted octanol–water partition coefficient (Wildman–Crippen LogP) is 4.89. The maximum atomic E-state index is 6.37. The van der Waals surface area contributed by atoms with Crippen LogP contribution in [0.1, 0.15) is 17.3 Å². The molecule has 2 aromatic carbocycles. The van der Waals surface area contributed by atoms with Crippen molar-refractivity contribution >= 4 is 38.3 Å². The summed E-state index contributed by atoms with van der Waals surface area (Å²) in [6.07, 6.45) is 2.47. The van der Waals surface area contributed by atoms with Crippen LogP contribution in [0.25, 0.3) is 10.8 Å². The van der Waals surface area contributed by atoms with Gasteiger partial charge >= 0.3 is 0 Å². The van der Waals surface area contributed by atoms with Gasteiger partial charge in [-0.1, -0.05) is 57.9 Å². The Balaban J connectivity index is 1.95. The van der Waals surface area contributed by atoms with Gasteiger partial charge in [0.2, 0.25) is 0 Å². The minimum atomic E-state index is -0.185. The summed E-state index contributed by atoms with van der Waals surface area (Å²) in [7, 11) is 0. The molecule has 0 radical (unpaired) electrons. The second-order valence-corrected chi connectivity index (χ2v) is 6.29. The maximum Gasteiger partial charge on any atom is 0.0652 e. The summed E-state index contributed by atoms with van der Waals surface area (Å²) in [5.41, 5.74) is 8.31.